The highest BCUT2D eigenvalue weighted by Crippen LogP contribution is 2.20. The van der Waals surface area contributed by atoms with Gasteiger partial charge in [0.05, 0.1) is 5.56 Å². The highest BCUT2D eigenvalue weighted by atomic mass is 16.4. The van der Waals surface area contributed by atoms with Crippen molar-refractivity contribution < 1.29 is 14.7 Å². The molecule has 0 spiro atoms. The first-order valence-electron chi connectivity index (χ1n) is 6.70. The average molecular weight is 290 g/mol. The van der Waals surface area contributed by atoms with E-state index in [0.29, 0.717) is 12.2 Å². The quantitative estimate of drug-likeness (QED) is 0.834. The minimum absolute atomic E-state index is 0.141. The Bertz CT molecular complexity index is 559. The number of carbonyl (C=O) groups excluding carboxylic acids is 1. The number of hydrogen-bond donors (Lipinski definition) is 2. The van der Waals surface area contributed by atoms with Gasteiger partial charge in [-0.05, 0) is 45.4 Å². The Labute approximate surface area is 125 Å². The summed E-state index contributed by atoms with van der Waals surface area (Å²) in [5, 5.41) is 11.8. The van der Waals surface area contributed by atoms with Crippen molar-refractivity contribution in [2.45, 2.75) is 33.2 Å². The zero-order valence-electron chi connectivity index (χ0n) is 12.9. The van der Waals surface area contributed by atoms with Gasteiger partial charge in [-0.3, -0.25) is 0 Å². The fourth-order valence-electron chi connectivity index (χ4n) is 1.86. The van der Waals surface area contributed by atoms with Crippen LogP contribution in [-0.4, -0.2) is 34.1 Å². The Kier molecular flexibility index (Phi) is 5.13. The Morgan fingerprint density at radius 2 is 2.00 bits per heavy atom. The van der Waals surface area contributed by atoms with Crippen LogP contribution >= 0.6 is 0 Å². The second kappa shape index (κ2) is 6.43. The smallest absolute Gasteiger partial charge is 0.335 e. The van der Waals surface area contributed by atoms with Crippen LogP contribution in [0.25, 0.3) is 0 Å². The number of nitrogens with zero attached hydrogens (tertiary/aromatic N) is 1. The van der Waals surface area contributed by atoms with Gasteiger partial charge < -0.3 is 15.3 Å². The van der Waals surface area contributed by atoms with Crippen LogP contribution < -0.4 is 5.32 Å². The fraction of sp³-hybridized carbons (Fsp3) is 0.375. The summed E-state index contributed by atoms with van der Waals surface area (Å²) in [7, 11) is 0. The summed E-state index contributed by atoms with van der Waals surface area (Å²) in [6.45, 7) is 11.7. The van der Waals surface area contributed by atoms with Crippen LogP contribution in [-0.2, 0) is 0 Å². The lowest BCUT2D eigenvalue weighted by Crippen LogP contribution is -2.47. The van der Waals surface area contributed by atoms with Crippen LogP contribution in [0, 0.1) is 6.92 Å². The van der Waals surface area contributed by atoms with Crippen molar-refractivity contribution in [1.82, 2.24) is 4.90 Å². The molecule has 0 aromatic heterocycles. The molecule has 2 N–H and O–H groups in total. The molecule has 21 heavy (non-hydrogen) atoms. The molecule has 0 bridgehead atoms. The number of benzene rings is 1. The van der Waals surface area contributed by atoms with Gasteiger partial charge >= 0.3 is 12.0 Å². The maximum atomic E-state index is 12.4. The van der Waals surface area contributed by atoms with Gasteiger partial charge in [0.1, 0.15) is 0 Å². The fourth-order valence-corrected chi connectivity index (χ4v) is 1.86. The van der Waals surface area contributed by atoms with E-state index in [0.717, 1.165) is 5.56 Å². The highest BCUT2D eigenvalue weighted by molar-refractivity contribution is 5.94. The van der Waals surface area contributed by atoms with Gasteiger partial charge in [-0.2, -0.15) is 0 Å². The average Bonchev–Trinajstić information content (AvgIpc) is 2.36. The number of aromatic carboxylic acids is 1. The number of rotatable bonds is 4. The van der Waals surface area contributed by atoms with Crippen LogP contribution in [0.5, 0.6) is 0 Å². The molecule has 0 unspecified atom stereocenters. The van der Waals surface area contributed by atoms with E-state index in [1.807, 2.05) is 27.7 Å². The topological polar surface area (TPSA) is 69.6 Å². The first-order chi connectivity index (χ1) is 9.66. The minimum Gasteiger partial charge on any atom is -0.478 e. The van der Waals surface area contributed by atoms with E-state index in [1.165, 1.54) is 12.1 Å². The summed E-state index contributed by atoms with van der Waals surface area (Å²) >= 11 is 0. The predicted molar refractivity (Wildman–Crippen MR) is 83.8 cm³/mol. The lowest BCUT2D eigenvalue weighted by molar-refractivity contribution is 0.0697. The summed E-state index contributed by atoms with van der Waals surface area (Å²) in [4.78, 5) is 25.0. The molecule has 0 atom stereocenters. The molecule has 1 aromatic rings. The number of carboxylic acids is 1. The molecule has 0 fully saturated rings. The lowest BCUT2D eigenvalue weighted by Gasteiger charge is -2.35. The SMILES string of the molecule is C=CCN(C(=O)Nc1cc(C(=O)O)ccc1C)C(C)(C)C. The van der Waals surface area contributed by atoms with Crippen molar-refractivity contribution in [1.29, 1.82) is 0 Å². The van der Waals surface area contributed by atoms with E-state index in [1.54, 1.807) is 17.0 Å². The third kappa shape index (κ3) is 4.34. The normalized spacial score (nSPS) is 10.9. The summed E-state index contributed by atoms with van der Waals surface area (Å²) < 4.78 is 0. The number of aryl methyl sites for hydroxylation is 1. The second-order valence-corrected chi connectivity index (χ2v) is 5.84. The van der Waals surface area contributed by atoms with Gasteiger partial charge in [-0.1, -0.05) is 12.1 Å². The maximum Gasteiger partial charge on any atom is 0.335 e. The Morgan fingerprint density at radius 3 is 2.48 bits per heavy atom. The zero-order chi connectivity index (χ0) is 16.2. The molecule has 0 aliphatic carbocycles. The van der Waals surface area contributed by atoms with Crippen LogP contribution in [0.3, 0.4) is 0 Å². The predicted octanol–water partition coefficient (Wildman–Crippen LogP) is 3.51. The van der Waals surface area contributed by atoms with Gasteiger partial charge in [0.2, 0.25) is 0 Å². The number of hydrogen-bond acceptors (Lipinski definition) is 2. The molecule has 114 valence electrons. The number of amides is 2. The van der Waals surface area contributed by atoms with E-state index >= 15 is 0 Å². The Balaban J connectivity index is 3.03. The molecular weight excluding hydrogens is 268 g/mol. The number of carbonyl (C=O) groups is 2. The molecular formula is C16H22N2O3. The van der Waals surface area contributed by atoms with Gasteiger partial charge in [0.15, 0.2) is 0 Å². The molecule has 0 saturated heterocycles. The van der Waals surface area contributed by atoms with Gasteiger partial charge in [0.25, 0.3) is 0 Å². The summed E-state index contributed by atoms with van der Waals surface area (Å²) in [5.41, 5.74) is 1.08. The molecule has 0 aliphatic heterocycles. The monoisotopic (exact) mass is 290 g/mol. The van der Waals surface area contributed by atoms with Gasteiger partial charge in [-0.25, -0.2) is 9.59 Å². The standard InChI is InChI=1S/C16H22N2O3/c1-6-9-18(16(3,4)5)15(21)17-13-10-12(14(19)20)8-7-11(13)2/h6-8,10H,1,9H2,2-5H3,(H,17,21)(H,19,20). The second-order valence-electron chi connectivity index (χ2n) is 5.84. The molecule has 1 rings (SSSR count). The molecule has 5 nitrogen and oxygen atoms in total. The van der Waals surface area contributed by atoms with Crippen molar-refractivity contribution in [2.75, 3.05) is 11.9 Å². The van der Waals surface area contributed by atoms with Crippen LogP contribution in [0.4, 0.5) is 10.5 Å². The van der Waals surface area contributed by atoms with Crippen molar-refractivity contribution in [2.24, 2.45) is 0 Å². The third-order valence-electron chi connectivity index (χ3n) is 3.09. The summed E-state index contributed by atoms with van der Waals surface area (Å²) in [6, 6.07) is 4.37. The number of anilines is 1. The van der Waals surface area contributed by atoms with Gasteiger partial charge in [-0.15, -0.1) is 6.58 Å². The number of urea groups is 1. The van der Waals surface area contributed by atoms with E-state index < -0.39 is 5.97 Å². The van der Waals surface area contributed by atoms with Crippen LogP contribution in [0.15, 0.2) is 30.9 Å². The van der Waals surface area contributed by atoms with E-state index in [-0.39, 0.29) is 17.1 Å². The first-order valence-corrected chi connectivity index (χ1v) is 6.70. The molecule has 0 radical (unpaired) electrons. The van der Waals surface area contributed by atoms with E-state index in [4.69, 9.17) is 5.11 Å². The molecule has 2 amide bonds. The molecule has 0 saturated carbocycles. The van der Waals surface area contributed by atoms with E-state index in [9.17, 15) is 9.59 Å². The van der Waals surface area contributed by atoms with Crippen molar-refractivity contribution >= 4 is 17.7 Å². The maximum absolute atomic E-state index is 12.4. The van der Waals surface area contributed by atoms with Crippen molar-refractivity contribution in [3.63, 3.8) is 0 Å². The summed E-state index contributed by atoms with van der Waals surface area (Å²) in [6.07, 6.45) is 1.66. The lowest BCUT2D eigenvalue weighted by atomic mass is 10.1. The van der Waals surface area contributed by atoms with Crippen molar-refractivity contribution in [3.8, 4) is 0 Å². The highest BCUT2D eigenvalue weighted by Gasteiger charge is 2.25. The van der Waals surface area contributed by atoms with Gasteiger partial charge in [0, 0.05) is 17.8 Å². The zero-order valence-corrected chi connectivity index (χ0v) is 12.9. The Morgan fingerprint density at radius 1 is 1.38 bits per heavy atom. The number of carboxylic acid groups (broad SMARTS) is 1. The minimum atomic E-state index is -1.02. The molecule has 1 aromatic carbocycles. The molecule has 0 heterocycles. The van der Waals surface area contributed by atoms with Crippen LogP contribution in [0.2, 0.25) is 0 Å². The summed E-state index contributed by atoms with van der Waals surface area (Å²) in [5.74, 6) is -1.02. The molecule has 5 heteroatoms. The van der Waals surface area contributed by atoms with Crippen LogP contribution in [0.1, 0.15) is 36.7 Å². The third-order valence-corrected chi connectivity index (χ3v) is 3.09. The number of nitrogens with one attached hydrogen (secondary N) is 1. The van der Waals surface area contributed by atoms with E-state index in [2.05, 4.69) is 11.9 Å². The largest absolute Gasteiger partial charge is 0.478 e. The Hall–Kier alpha value is -2.30. The van der Waals surface area contributed by atoms with Crippen molar-refractivity contribution in [3.05, 3.63) is 42.0 Å². The molecule has 0 aliphatic rings. The first kappa shape index (κ1) is 16.8.